The van der Waals surface area contributed by atoms with Crippen LogP contribution in [0.25, 0.3) is 0 Å². The van der Waals surface area contributed by atoms with Crippen LogP contribution >= 0.6 is 0 Å². The van der Waals surface area contributed by atoms with E-state index in [1.807, 2.05) is 12.1 Å². The lowest BCUT2D eigenvalue weighted by atomic mass is 9.90. The van der Waals surface area contributed by atoms with Gasteiger partial charge in [0.05, 0.1) is 0 Å². The Labute approximate surface area is 109 Å². The number of pyridine rings is 1. The average Bonchev–Trinajstić information content (AvgIpc) is 2.46. The summed E-state index contributed by atoms with van der Waals surface area (Å²) in [6, 6.07) is 6.41. The number of rotatable bonds is 3. The number of hydrogen-bond acceptors (Lipinski definition) is 4. The fourth-order valence-corrected chi connectivity index (χ4v) is 2.58. The van der Waals surface area contributed by atoms with E-state index in [9.17, 15) is 0 Å². The first-order valence-electron chi connectivity index (χ1n) is 6.52. The summed E-state index contributed by atoms with van der Waals surface area (Å²) in [5, 5.41) is 12.3. The normalized spacial score (nSPS) is 18.1. The molecule has 1 fully saturated rings. The van der Waals surface area contributed by atoms with E-state index in [2.05, 4.69) is 35.2 Å². The summed E-state index contributed by atoms with van der Waals surface area (Å²) >= 11 is 0. The van der Waals surface area contributed by atoms with Gasteiger partial charge in [-0.3, -0.25) is 0 Å². The number of nitrogens with one attached hydrogen (secondary N) is 1. The zero-order valence-electron chi connectivity index (χ0n) is 11.1. The van der Waals surface area contributed by atoms with Gasteiger partial charge in [0.2, 0.25) is 0 Å². The second-order valence-corrected chi connectivity index (χ2v) is 4.95. The highest BCUT2D eigenvalue weighted by Crippen LogP contribution is 2.24. The van der Waals surface area contributed by atoms with E-state index < -0.39 is 0 Å². The van der Waals surface area contributed by atoms with Crippen LogP contribution in [0.15, 0.2) is 18.3 Å². The monoisotopic (exact) mass is 244 g/mol. The molecule has 1 aliphatic rings. The molecule has 2 heterocycles. The zero-order chi connectivity index (χ0) is 13.0. The largest absolute Gasteiger partial charge is 0.371 e. The van der Waals surface area contributed by atoms with Crippen LogP contribution in [0.4, 0.5) is 5.69 Å². The van der Waals surface area contributed by atoms with Gasteiger partial charge in [-0.15, -0.1) is 0 Å². The molecular formula is C14H20N4. The van der Waals surface area contributed by atoms with Crippen molar-refractivity contribution in [1.29, 1.82) is 5.26 Å². The molecule has 1 aromatic rings. The van der Waals surface area contributed by atoms with Gasteiger partial charge in [0.25, 0.3) is 0 Å². The highest BCUT2D eigenvalue weighted by molar-refractivity contribution is 5.48. The number of nitriles is 1. The Morgan fingerprint density at radius 2 is 2.22 bits per heavy atom. The molecule has 4 nitrogen and oxygen atoms in total. The Bertz CT molecular complexity index is 432. The van der Waals surface area contributed by atoms with Gasteiger partial charge in [0, 0.05) is 25.0 Å². The van der Waals surface area contributed by atoms with Crippen LogP contribution in [-0.2, 0) is 0 Å². The van der Waals surface area contributed by atoms with Crippen LogP contribution in [0.3, 0.4) is 0 Å². The smallest absolute Gasteiger partial charge is 0.142 e. The molecule has 0 saturated carbocycles. The number of hydrogen-bond donors (Lipinski definition) is 1. The molecule has 1 aliphatic heterocycles. The maximum absolute atomic E-state index is 8.89. The quantitative estimate of drug-likeness (QED) is 0.880. The molecular weight excluding hydrogens is 224 g/mol. The topological polar surface area (TPSA) is 52.0 Å². The number of piperidine rings is 1. The highest BCUT2D eigenvalue weighted by Gasteiger charge is 2.23. The van der Waals surface area contributed by atoms with Crippen molar-refractivity contribution in [2.75, 3.05) is 25.0 Å². The predicted octanol–water partition coefficient (Wildman–Crippen LogP) is 1.78. The van der Waals surface area contributed by atoms with Crippen molar-refractivity contribution < 1.29 is 0 Å². The lowest BCUT2D eigenvalue weighted by molar-refractivity contribution is 0.324. The van der Waals surface area contributed by atoms with Crippen LogP contribution in [-0.4, -0.2) is 31.2 Å². The van der Waals surface area contributed by atoms with Crippen LogP contribution in [0.5, 0.6) is 0 Å². The molecule has 0 radical (unpaired) electrons. The van der Waals surface area contributed by atoms with Crippen LogP contribution in [0.2, 0.25) is 0 Å². The van der Waals surface area contributed by atoms with Crippen molar-refractivity contribution >= 4 is 5.69 Å². The SMILES string of the molecule is CC(C1CCNCC1)N(C)c1ccnc(C#N)c1. The molecule has 0 spiro atoms. The first-order valence-corrected chi connectivity index (χ1v) is 6.52. The molecule has 1 N–H and O–H groups in total. The van der Waals surface area contributed by atoms with E-state index in [0.717, 1.165) is 24.7 Å². The van der Waals surface area contributed by atoms with E-state index in [-0.39, 0.29) is 0 Å². The Kier molecular flexibility index (Phi) is 4.16. The van der Waals surface area contributed by atoms with Crippen molar-refractivity contribution in [1.82, 2.24) is 10.3 Å². The van der Waals surface area contributed by atoms with Gasteiger partial charge >= 0.3 is 0 Å². The predicted molar refractivity (Wildman–Crippen MR) is 72.4 cm³/mol. The standard InChI is InChI=1S/C14H20N4/c1-11(12-3-6-16-7-4-12)18(2)14-5-8-17-13(9-14)10-15/h5,8-9,11-12,16H,3-4,6-7H2,1-2H3. The maximum atomic E-state index is 8.89. The molecule has 1 saturated heterocycles. The van der Waals surface area contributed by atoms with E-state index >= 15 is 0 Å². The second-order valence-electron chi connectivity index (χ2n) is 4.95. The molecule has 0 amide bonds. The molecule has 96 valence electrons. The van der Waals surface area contributed by atoms with Gasteiger partial charge in [0.1, 0.15) is 11.8 Å². The van der Waals surface area contributed by atoms with Crippen LogP contribution in [0.1, 0.15) is 25.5 Å². The number of nitrogens with zero attached hydrogens (tertiary/aromatic N) is 3. The summed E-state index contributed by atoms with van der Waals surface area (Å²) in [6.07, 6.45) is 4.16. The maximum Gasteiger partial charge on any atom is 0.142 e. The summed E-state index contributed by atoms with van der Waals surface area (Å²) in [5.41, 5.74) is 1.56. The van der Waals surface area contributed by atoms with Gasteiger partial charge < -0.3 is 10.2 Å². The Morgan fingerprint density at radius 3 is 2.89 bits per heavy atom. The number of anilines is 1. The number of aromatic nitrogens is 1. The first-order chi connectivity index (χ1) is 8.72. The van der Waals surface area contributed by atoms with Crippen LogP contribution in [0, 0.1) is 17.2 Å². The molecule has 0 bridgehead atoms. The summed E-state index contributed by atoms with van der Waals surface area (Å²) in [4.78, 5) is 6.28. The Hall–Kier alpha value is -1.60. The van der Waals surface area contributed by atoms with Gasteiger partial charge in [-0.25, -0.2) is 4.98 Å². The summed E-state index contributed by atoms with van der Waals surface area (Å²) in [5.74, 6) is 0.718. The van der Waals surface area contributed by atoms with E-state index in [0.29, 0.717) is 11.7 Å². The molecule has 18 heavy (non-hydrogen) atoms. The van der Waals surface area contributed by atoms with Crippen molar-refractivity contribution in [3.63, 3.8) is 0 Å². The summed E-state index contributed by atoms with van der Waals surface area (Å²) in [6.45, 7) is 4.49. The van der Waals surface area contributed by atoms with E-state index in [1.165, 1.54) is 12.8 Å². The van der Waals surface area contributed by atoms with Gasteiger partial charge in [0.15, 0.2) is 0 Å². The minimum absolute atomic E-state index is 0.483. The van der Waals surface area contributed by atoms with Crippen LogP contribution < -0.4 is 10.2 Å². The molecule has 1 aromatic heterocycles. The second kappa shape index (κ2) is 5.83. The third kappa shape index (κ3) is 2.80. The molecule has 0 aromatic carbocycles. The van der Waals surface area contributed by atoms with Crippen molar-refractivity contribution in [2.45, 2.75) is 25.8 Å². The fraction of sp³-hybridized carbons (Fsp3) is 0.571. The fourth-order valence-electron chi connectivity index (χ4n) is 2.58. The lowest BCUT2D eigenvalue weighted by Gasteiger charge is -2.35. The average molecular weight is 244 g/mol. The van der Waals surface area contributed by atoms with Gasteiger partial charge in [-0.1, -0.05) is 0 Å². The summed E-state index contributed by atoms with van der Waals surface area (Å²) < 4.78 is 0. The highest BCUT2D eigenvalue weighted by atomic mass is 15.1. The molecule has 2 rings (SSSR count). The molecule has 1 unspecified atom stereocenters. The van der Waals surface area contributed by atoms with Crippen molar-refractivity contribution in [3.8, 4) is 6.07 Å². The van der Waals surface area contributed by atoms with Crippen molar-refractivity contribution in [2.24, 2.45) is 5.92 Å². The Balaban J connectivity index is 2.09. The van der Waals surface area contributed by atoms with Gasteiger partial charge in [-0.05, 0) is 50.9 Å². The third-order valence-electron chi connectivity index (χ3n) is 3.94. The lowest BCUT2D eigenvalue weighted by Crippen LogP contribution is -2.41. The molecule has 4 heteroatoms. The zero-order valence-corrected chi connectivity index (χ0v) is 11.1. The third-order valence-corrected chi connectivity index (χ3v) is 3.94. The van der Waals surface area contributed by atoms with E-state index in [4.69, 9.17) is 5.26 Å². The summed E-state index contributed by atoms with van der Waals surface area (Å²) in [7, 11) is 2.10. The first kappa shape index (κ1) is 12.8. The molecule has 1 atom stereocenters. The minimum atomic E-state index is 0.483. The van der Waals surface area contributed by atoms with E-state index in [1.54, 1.807) is 6.20 Å². The Morgan fingerprint density at radius 1 is 1.50 bits per heavy atom. The van der Waals surface area contributed by atoms with Crippen molar-refractivity contribution in [3.05, 3.63) is 24.0 Å². The molecule has 0 aliphatic carbocycles. The minimum Gasteiger partial charge on any atom is -0.371 e. The van der Waals surface area contributed by atoms with Gasteiger partial charge in [-0.2, -0.15) is 5.26 Å².